The first-order chi connectivity index (χ1) is 10.0. The third kappa shape index (κ3) is 3.64. The van der Waals surface area contributed by atoms with Gasteiger partial charge in [-0.1, -0.05) is 40.2 Å². The van der Waals surface area contributed by atoms with E-state index in [-0.39, 0.29) is 5.97 Å². The van der Waals surface area contributed by atoms with E-state index in [1.807, 2.05) is 38.1 Å². The van der Waals surface area contributed by atoms with Crippen molar-refractivity contribution in [2.75, 3.05) is 7.11 Å². The van der Waals surface area contributed by atoms with Gasteiger partial charge in [-0.3, -0.25) is 0 Å². The Morgan fingerprint density at radius 3 is 2.38 bits per heavy atom. The normalized spacial score (nSPS) is 10.3. The molecule has 3 nitrogen and oxygen atoms in total. The summed E-state index contributed by atoms with van der Waals surface area (Å²) in [6.07, 6.45) is 0. The summed E-state index contributed by atoms with van der Waals surface area (Å²) >= 11 is 3.47. The summed E-state index contributed by atoms with van der Waals surface area (Å²) in [6.45, 7) is 4.49. The summed E-state index contributed by atoms with van der Waals surface area (Å²) in [5, 5.41) is 0. The average Bonchev–Trinajstić information content (AvgIpc) is 2.47. The number of hydrogen-bond donors (Lipinski definition) is 0. The van der Waals surface area contributed by atoms with Crippen molar-refractivity contribution in [1.29, 1.82) is 0 Å². The fraction of sp³-hybridized carbons (Fsp3) is 0.235. The van der Waals surface area contributed by atoms with Crippen molar-refractivity contribution >= 4 is 21.9 Å². The van der Waals surface area contributed by atoms with Crippen molar-refractivity contribution in [3.63, 3.8) is 0 Å². The van der Waals surface area contributed by atoms with Crippen molar-refractivity contribution in [2.24, 2.45) is 0 Å². The van der Waals surface area contributed by atoms with Gasteiger partial charge in [-0.2, -0.15) is 0 Å². The highest BCUT2D eigenvalue weighted by molar-refractivity contribution is 9.10. The van der Waals surface area contributed by atoms with Crippen LogP contribution in [0.1, 0.15) is 27.0 Å². The molecule has 21 heavy (non-hydrogen) atoms. The molecule has 0 amide bonds. The van der Waals surface area contributed by atoms with E-state index in [0.717, 1.165) is 26.9 Å². The molecular formula is C17H17BrO3. The molecule has 110 valence electrons. The fourth-order valence-corrected chi connectivity index (χ4v) is 2.58. The summed E-state index contributed by atoms with van der Waals surface area (Å²) in [6, 6.07) is 11.4. The molecule has 0 saturated carbocycles. The first-order valence-electron chi connectivity index (χ1n) is 6.58. The van der Waals surface area contributed by atoms with E-state index in [9.17, 15) is 4.79 Å². The lowest BCUT2D eigenvalue weighted by Crippen LogP contribution is -2.03. The van der Waals surface area contributed by atoms with Gasteiger partial charge in [-0.25, -0.2) is 4.79 Å². The Morgan fingerprint density at radius 2 is 1.81 bits per heavy atom. The lowest BCUT2D eigenvalue weighted by molar-refractivity contribution is 0.0600. The maximum absolute atomic E-state index is 11.5. The van der Waals surface area contributed by atoms with Crippen LogP contribution in [0.15, 0.2) is 40.9 Å². The molecule has 0 unspecified atom stereocenters. The first-order valence-corrected chi connectivity index (χ1v) is 7.38. The third-order valence-corrected chi connectivity index (χ3v) is 3.99. The van der Waals surface area contributed by atoms with Gasteiger partial charge in [-0.05, 0) is 37.1 Å². The van der Waals surface area contributed by atoms with Crippen LogP contribution in [0.5, 0.6) is 5.75 Å². The monoisotopic (exact) mass is 348 g/mol. The molecular weight excluding hydrogens is 332 g/mol. The fourth-order valence-electron chi connectivity index (χ4n) is 2.09. The number of methoxy groups -OCH3 is 1. The van der Waals surface area contributed by atoms with Crippen LogP contribution < -0.4 is 4.74 Å². The van der Waals surface area contributed by atoms with Crippen LogP contribution in [0.3, 0.4) is 0 Å². The number of carbonyl (C=O) groups excluding carboxylic acids is 1. The van der Waals surface area contributed by atoms with Gasteiger partial charge in [0.2, 0.25) is 0 Å². The number of carbonyl (C=O) groups is 1. The zero-order valence-corrected chi connectivity index (χ0v) is 13.9. The van der Waals surface area contributed by atoms with Crippen LogP contribution in [-0.2, 0) is 11.3 Å². The second-order valence-electron chi connectivity index (χ2n) is 4.81. The van der Waals surface area contributed by atoms with Gasteiger partial charge in [0.15, 0.2) is 0 Å². The molecule has 0 saturated heterocycles. The topological polar surface area (TPSA) is 35.5 Å². The Bertz CT molecular complexity index is 645. The van der Waals surface area contributed by atoms with E-state index in [0.29, 0.717) is 12.2 Å². The summed E-state index contributed by atoms with van der Waals surface area (Å²) in [4.78, 5) is 11.5. The van der Waals surface area contributed by atoms with Gasteiger partial charge in [0.1, 0.15) is 12.4 Å². The second-order valence-corrected chi connectivity index (χ2v) is 5.66. The number of aryl methyl sites for hydroxylation is 2. The highest BCUT2D eigenvalue weighted by Gasteiger charge is 2.10. The molecule has 0 aliphatic carbocycles. The van der Waals surface area contributed by atoms with Crippen LogP contribution in [0.2, 0.25) is 0 Å². The highest BCUT2D eigenvalue weighted by Crippen LogP contribution is 2.25. The van der Waals surface area contributed by atoms with Crippen molar-refractivity contribution in [2.45, 2.75) is 20.5 Å². The van der Waals surface area contributed by atoms with E-state index in [4.69, 9.17) is 9.47 Å². The number of benzene rings is 2. The summed E-state index contributed by atoms with van der Waals surface area (Å²) in [5.41, 5.74) is 3.71. The lowest BCUT2D eigenvalue weighted by Gasteiger charge is -2.13. The van der Waals surface area contributed by atoms with E-state index >= 15 is 0 Å². The molecule has 0 spiro atoms. The van der Waals surface area contributed by atoms with Gasteiger partial charge in [0.05, 0.1) is 12.7 Å². The summed E-state index contributed by atoms with van der Waals surface area (Å²) in [7, 11) is 1.37. The predicted molar refractivity (Wildman–Crippen MR) is 85.7 cm³/mol. The maximum atomic E-state index is 11.5. The van der Waals surface area contributed by atoms with Crippen LogP contribution in [-0.4, -0.2) is 13.1 Å². The Hall–Kier alpha value is -1.81. The van der Waals surface area contributed by atoms with Gasteiger partial charge in [-0.15, -0.1) is 0 Å². The number of para-hydroxylation sites is 1. The average molecular weight is 349 g/mol. The zero-order valence-electron chi connectivity index (χ0n) is 12.3. The molecule has 2 aromatic rings. The second kappa shape index (κ2) is 6.76. The molecule has 2 aromatic carbocycles. The van der Waals surface area contributed by atoms with Crippen LogP contribution in [0, 0.1) is 13.8 Å². The molecule has 0 aromatic heterocycles. The molecule has 0 aliphatic rings. The minimum absolute atomic E-state index is 0.349. The molecule has 0 heterocycles. The van der Waals surface area contributed by atoms with Gasteiger partial charge >= 0.3 is 5.97 Å². The van der Waals surface area contributed by atoms with Gasteiger partial charge < -0.3 is 9.47 Å². The van der Waals surface area contributed by atoms with Crippen LogP contribution in [0.4, 0.5) is 0 Å². The van der Waals surface area contributed by atoms with Crippen molar-refractivity contribution in [3.8, 4) is 5.75 Å². The predicted octanol–water partition coefficient (Wildman–Crippen LogP) is 4.43. The quantitative estimate of drug-likeness (QED) is 0.766. The molecule has 0 N–H and O–H groups in total. The molecule has 0 atom stereocenters. The number of hydrogen-bond acceptors (Lipinski definition) is 3. The standard InChI is InChI=1S/C17H17BrO3/c1-11-5-4-6-12(2)16(11)21-10-14-8-7-13(9-15(14)18)17(19)20-3/h4-9H,10H2,1-3H3. The minimum atomic E-state index is -0.349. The van der Waals surface area contributed by atoms with Gasteiger partial charge in [0.25, 0.3) is 0 Å². The van der Waals surface area contributed by atoms with Crippen molar-refractivity contribution < 1.29 is 14.3 Å². The molecule has 0 radical (unpaired) electrons. The maximum Gasteiger partial charge on any atom is 0.337 e. The largest absolute Gasteiger partial charge is 0.488 e. The minimum Gasteiger partial charge on any atom is -0.488 e. The van der Waals surface area contributed by atoms with E-state index in [1.54, 1.807) is 12.1 Å². The first kappa shape index (κ1) is 15.6. The van der Waals surface area contributed by atoms with E-state index in [1.165, 1.54) is 7.11 Å². The zero-order chi connectivity index (χ0) is 15.4. The third-order valence-electron chi connectivity index (χ3n) is 3.25. The molecule has 4 heteroatoms. The smallest absolute Gasteiger partial charge is 0.337 e. The van der Waals surface area contributed by atoms with Gasteiger partial charge in [0, 0.05) is 10.0 Å². The van der Waals surface area contributed by atoms with Crippen LogP contribution >= 0.6 is 15.9 Å². The molecule has 0 aliphatic heterocycles. The van der Waals surface area contributed by atoms with Crippen molar-refractivity contribution in [3.05, 3.63) is 63.1 Å². The number of ether oxygens (including phenoxy) is 2. The van der Waals surface area contributed by atoms with E-state index < -0.39 is 0 Å². The van der Waals surface area contributed by atoms with Crippen LogP contribution in [0.25, 0.3) is 0 Å². The SMILES string of the molecule is COC(=O)c1ccc(COc2c(C)cccc2C)c(Br)c1. The summed E-state index contributed by atoms with van der Waals surface area (Å²) in [5.74, 6) is 0.555. The Kier molecular flexibility index (Phi) is 5.02. The molecule has 2 rings (SSSR count). The number of rotatable bonds is 4. The Morgan fingerprint density at radius 1 is 1.14 bits per heavy atom. The molecule has 0 bridgehead atoms. The lowest BCUT2D eigenvalue weighted by atomic mass is 10.1. The Labute approximate surface area is 133 Å². The number of esters is 1. The Balaban J connectivity index is 2.16. The number of halogens is 1. The van der Waals surface area contributed by atoms with Crippen molar-refractivity contribution in [1.82, 2.24) is 0 Å². The molecule has 0 fully saturated rings. The highest BCUT2D eigenvalue weighted by atomic mass is 79.9. The van der Waals surface area contributed by atoms with E-state index in [2.05, 4.69) is 15.9 Å². The summed E-state index contributed by atoms with van der Waals surface area (Å²) < 4.78 is 11.4.